The maximum absolute atomic E-state index is 11.8. The Labute approximate surface area is 136 Å². The van der Waals surface area contributed by atoms with Crippen LogP contribution in [-0.4, -0.2) is 33.7 Å². The molecule has 2 rings (SSSR count). The molecule has 126 valence electrons. The molecule has 1 aliphatic rings. The minimum atomic E-state index is -3.29. The van der Waals surface area contributed by atoms with E-state index in [1.165, 1.54) is 12.3 Å². The highest BCUT2D eigenvalue weighted by Gasteiger charge is 2.24. The van der Waals surface area contributed by atoms with Crippen LogP contribution in [0.4, 0.5) is 0 Å². The van der Waals surface area contributed by atoms with Gasteiger partial charge in [0.1, 0.15) is 5.75 Å². The maximum Gasteiger partial charge on any atom is 0.234 e. The highest BCUT2D eigenvalue weighted by atomic mass is 32.2. The van der Waals surface area contributed by atoms with E-state index in [2.05, 4.69) is 10.9 Å². The van der Waals surface area contributed by atoms with Gasteiger partial charge in [0.05, 0.1) is 12.0 Å². The Bertz CT molecular complexity index is 740. The molecule has 0 aliphatic carbocycles. The number of nitrogens with one attached hydrogen (secondary N) is 2. The molecule has 2 atom stereocenters. The fourth-order valence-corrected chi connectivity index (χ4v) is 3.21. The number of carbonyl (C=O) groups is 1. The van der Waals surface area contributed by atoms with Crippen LogP contribution >= 0.6 is 0 Å². The van der Waals surface area contributed by atoms with E-state index in [-0.39, 0.29) is 22.8 Å². The summed E-state index contributed by atoms with van der Waals surface area (Å²) in [5.74, 6) is 0.720. The number of amides is 1. The fourth-order valence-electron chi connectivity index (χ4n) is 2.57. The molecule has 0 bridgehead atoms. The second kappa shape index (κ2) is 6.72. The summed E-state index contributed by atoms with van der Waals surface area (Å²) in [7, 11) is -1.74. The molecular weight excluding hydrogens is 316 g/mol. The van der Waals surface area contributed by atoms with Gasteiger partial charge in [-0.3, -0.25) is 10.2 Å². The van der Waals surface area contributed by atoms with Crippen molar-refractivity contribution in [2.45, 2.75) is 31.2 Å². The standard InChI is InChI=1S/C16H22N2O4S/c1-10(7-14-11(2)8-16(19)18-17-14)13-9-12(23(4,20)21)5-6-15(13)22-3/h5-7,9,11,14,17H,8H2,1-4H3,(H,18,19)/b10-7+. The lowest BCUT2D eigenvalue weighted by molar-refractivity contribution is -0.125. The Morgan fingerprint density at radius 3 is 2.65 bits per heavy atom. The van der Waals surface area contributed by atoms with Gasteiger partial charge >= 0.3 is 0 Å². The number of carbonyl (C=O) groups excluding carboxylic acids is 1. The van der Waals surface area contributed by atoms with E-state index in [0.29, 0.717) is 12.2 Å². The molecule has 0 radical (unpaired) electrons. The third-order valence-corrected chi connectivity index (χ3v) is 5.06. The predicted octanol–water partition coefficient (Wildman–Crippen LogP) is 1.53. The molecule has 1 aliphatic heterocycles. The monoisotopic (exact) mass is 338 g/mol. The Kier molecular flexibility index (Phi) is 5.11. The van der Waals surface area contributed by atoms with Gasteiger partial charge in [-0.05, 0) is 36.6 Å². The van der Waals surface area contributed by atoms with Crippen LogP contribution in [0.1, 0.15) is 25.8 Å². The molecule has 1 fully saturated rings. The normalized spacial score (nSPS) is 22.6. The molecule has 0 spiro atoms. The molecular formula is C16H22N2O4S. The van der Waals surface area contributed by atoms with Gasteiger partial charge in [-0.15, -0.1) is 0 Å². The summed E-state index contributed by atoms with van der Waals surface area (Å²) in [5.41, 5.74) is 7.20. The average Bonchev–Trinajstić information content (AvgIpc) is 2.48. The van der Waals surface area contributed by atoms with Crippen molar-refractivity contribution < 1.29 is 17.9 Å². The summed E-state index contributed by atoms with van der Waals surface area (Å²) in [6, 6.07) is 4.78. The number of hydrogen-bond acceptors (Lipinski definition) is 5. The number of hydrazine groups is 1. The molecule has 6 nitrogen and oxygen atoms in total. The van der Waals surface area contributed by atoms with E-state index in [1.807, 2.05) is 19.9 Å². The van der Waals surface area contributed by atoms with Crippen LogP contribution in [0.25, 0.3) is 5.57 Å². The molecule has 1 aromatic carbocycles. The first-order valence-corrected chi connectivity index (χ1v) is 9.22. The van der Waals surface area contributed by atoms with Gasteiger partial charge in [0.2, 0.25) is 5.91 Å². The highest BCUT2D eigenvalue weighted by Crippen LogP contribution is 2.30. The number of hydrogen-bond donors (Lipinski definition) is 2. The molecule has 0 aromatic heterocycles. The van der Waals surface area contributed by atoms with Crippen molar-refractivity contribution in [1.82, 2.24) is 10.9 Å². The zero-order valence-corrected chi connectivity index (χ0v) is 14.5. The zero-order chi connectivity index (χ0) is 17.2. The van der Waals surface area contributed by atoms with E-state index < -0.39 is 9.84 Å². The van der Waals surface area contributed by atoms with Gasteiger partial charge in [0, 0.05) is 24.3 Å². The molecule has 23 heavy (non-hydrogen) atoms. The molecule has 2 unspecified atom stereocenters. The van der Waals surface area contributed by atoms with Gasteiger partial charge in [0.25, 0.3) is 0 Å². The smallest absolute Gasteiger partial charge is 0.234 e. The molecule has 1 saturated heterocycles. The van der Waals surface area contributed by atoms with Crippen LogP contribution in [0.2, 0.25) is 0 Å². The molecule has 2 N–H and O–H groups in total. The van der Waals surface area contributed by atoms with Gasteiger partial charge in [-0.1, -0.05) is 13.0 Å². The van der Waals surface area contributed by atoms with Crippen molar-refractivity contribution in [3.05, 3.63) is 29.8 Å². The first kappa shape index (κ1) is 17.5. The van der Waals surface area contributed by atoms with Crippen molar-refractivity contribution >= 4 is 21.3 Å². The minimum Gasteiger partial charge on any atom is -0.496 e. The number of benzene rings is 1. The van der Waals surface area contributed by atoms with Crippen LogP contribution in [0, 0.1) is 5.92 Å². The maximum atomic E-state index is 11.8. The summed E-state index contributed by atoms with van der Waals surface area (Å²) in [6.07, 6.45) is 3.61. The third-order valence-electron chi connectivity index (χ3n) is 3.95. The predicted molar refractivity (Wildman–Crippen MR) is 88.6 cm³/mol. The lowest BCUT2D eigenvalue weighted by Crippen LogP contribution is -2.52. The molecule has 7 heteroatoms. The van der Waals surface area contributed by atoms with Crippen molar-refractivity contribution in [1.29, 1.82) is 0 Å². The Morgan fingerprint density at radius 2 is 2.09 bits per heavy atom. The summed E-state index contributed by atoms with van der Waals surface area (Å²) in [5, 5.41) is 0. The van der Waals surface area contributed by atoms with Gasteiger partial charge in [-0.25, -0.2) is 13.8 Å². The fraction of sp³-hybridized carbons (Fsp3) is 0.438. The molecule has 1 amide bonds. The third kappa shape index (κ3) is 4.11. The second-order valence-corrected chi connectivity index (χ2v) is 7.90. The summed E-state index contributed by atoms with van der Waals surface area (Å²) < 4.78 is 28.9. The Morgan fingerprint density at radius 1 is 1.39 bits per heavy atom. The molecule has 0 saturated carbocycles. The summed E-state index contributed by atoms with van der Waals surface area (Å²) >= 11 is 0. The van der Waals surface area contributed by atoms with E-state index in [4.69, 9.17) is 4.74 Å². The first-order valence-electron chi connectivity index (χ1n) is 7.33. The van der Waals surface area contributed by atoms with Crippen LogP contribution in [0.5, 0.6) is 5.75 Å². The van der Waals surface area contributed by atoms with Crippen molar-refractivity contribution in [3.8, 4) is 5.75 Å². The lowest BCUT2D eigenvalue weighted by atomic mass is 9.93. The van der Waals surface area contributed by atoms with Crippen LogP contribution in [-0.2, 0) is 14.6 Å². The first-order chi connectivity index (χ1) is 10.7. The van der Waals surface area contributed by atoms with Crippen molar-refractivity contribution in [2.24, 2.45) is 5.92 Å². The summed E-state index contributed by atoms with van der Waals surface area (Å²) in [4.78, 5) is 11.6. The minimum absolute atomic E-state index is 0.0284. The van der Waals surface area contributed by atoms with Gasteiger partial charge < -0.3 is 4.74 Å². The van der Waals surface area contributed by atoms with Gasteiger partial charge in [-0.2, -0.15) is 0 Å². The Balaban J connectivity index is 2.39. The van der Waals surface area contributed by atoms with Crippen LogP contribution < -0.4 is 15.6 Å². The number of sulfone groups is 1. The van der Waals surface area contributed by atoms with Crippen LogP contribution in [0.15, 0.2) is 29.2 Å². The van der Waals surface area contributed by atoms with Gasteiger partial charge in [0.15, 0.2) is 9.84 Å². The van der Waals surface area contributed by atoms with E-state index in [9.17, 15) is 13.2 Å². The zero-order valence-electron chi connectivity index (χ0n) is 13.7. The number of allylic oxidation sites excluding steroid dienone is 1. The number of methoxy groups -OCH3 is 1. The average molecular weight is 338 g/mol. The quantitative estimate of drug-likeness (QED) is 0.870. The topological polar surface area (TPSA) is 84.5 Å². The van der Waals surface area contributed by atoms with E-state index in [0.717, 1.165) is 11.1 Å². The van der Waals surface area contributed by atoms with E-state index >= 15 is 0 Å². The largest absolute Gasteiger partial charge is 0.496 e. The van der Waals surface area contributed by atoms with E-state index in [1.54, 1.807) is 19.2 Å². The number of rotatable bonds is 4. The lowest BCUT2D eigenvalue weighted by Gasteiger charge is -2.28. The second-order valence-electron chi connectivity index (χ2n) is 5.88. The molecule has 1 aromatic rings. The molecule has 1 heterocycles. The summed E-state index contributed by atoms with van der Waals surface area (Å²) in [6.45, 7) is 3.89. The Hall–Kier alpha value is -1.86. The number of ether oxygens (including phenoxy) is 1. The highest BCUT2D eigenvalue weighted by molar-refractivity contribution is 7.90. The SMILES string of the molecule is COc1ccc(S(C)(=O)=O)cc1/C(C)=C/C1NNC(=O)CC1C. The van der Waals surface area contributed by atoms with Crippen molar-refractivity contribution in [2.75, 3.05) is 13.4 Å². The van der Waals surface area contributed by atoms with Crippen molar-refractivity contribution in [3.63, 3.8) is 0 Å². The van der Waals surface area contributed by atoms with Crippen LogP contribution in [0.3, 0.4) is 0 Å².